The molecule has 18 nitrogen and oxygen atoms in total. The Morgan fingerprint density at radius 3 is 1.95 bits per heavy atom. The van der Waals surface area contributed by atoms with Crippen LogP contribution in [-0.4, -0.2) is 84.5 Å². The maximum atomic E-state index is 14.4. The molecule has 4 aromatic rings. The lowest BCUT2D eigenvalue weighted by molar-refractivity contribution is -0.138. The second kappa shape index (κ2) is 22.2. The zero-order valence-electron chi connectivity index (χ0n) is 37.3. The third-order valence-electron chi connectivity index (χ3n) is 10.5. The molecular weight excluding hydrogens is 847 g/mol. The molecule has 346 valence electrons. The summed E-state index contributed by atoms with van der Waals surface area (Å²) in [5.74, 6) is 0.787. The van der Waals surface area contributed by atoms with Crippen molar-refractivity contribution in [1.29, 1.82) is 0 Å². The highest BCUT2D eigenvalue weighted by atomic mass is 32.2. The van der Waals surface area contributed by atoms with Crippen LogP contribution >= 0.6 is 0 Å². The number of alkyl carbamates (subject to hydrolysis) is 1. The lowest BCUT2D eigenvalue weighted by Crippen LogP contribution is -2.59. The Balaban J connectivity index is 1.69. The standard InChI is InChI=1S/C45H59N7O11S/c1-25(2)19-35(43(57)51-46)48-42(56)36(22-31-23-52(37-12-10-9-11-33(31)37)64(60,61)40-28(6)20-27(5)21-29(40)7)49-41(55)34(17-18-38(53)54)47-44(58)39(26(3)4)50-45(59)63-24-30-13-15-32(62-8)16-14-30/h9-16,20-21,23,25-26,34-36,39H,17-19,22,24,46H2,1-8H3,(H,47,58)(H,48,56)(H,49,55)(H,50,59)(H,51,57)(H,53,54)/t34-,35-,36-,39-/m0/s1. The lowest BCUT2D eigenvalue weighted by Gasteiger charge is -2.27. The fraction of sp³-hybridized carbons (Fsp3) is 0.422. The molecule has 8 N–H and O–H groups in total. The van der Waals surface area contributed by atoms with Gasteiger partial charge in [-0.3, -0.25) is 29.4 Å². The Kier molecular flexibility index (Phi) is 17.4. The van der Waals surface area contributed by atoms with Gasteiger partial charge in [0.05, 0.1) is 17.5 Å². The Morgan fingerprint density at radius 1 is 0.781 bits per heavy atom. The number of rotatable bonds is 21. The number of benzene rings is 3. The van der Waals surface area contributed by atoms with Crippen LogP contribution in [0.15, 0.2) is 71.8 Å². The van der Waals surface area contributed by atoms with Crippen LogP contribution in [0.3, 0.4) is 0 Å². The number of hydrogen-bond donors (Lipinski definition) is 7. The highest BCUT2D eigenvalue weighted by molar-refractivity contribution is 7.90. The molecule has 0 spiro atoms. The zero-order valence-corrected chi connectivity index (χ0v) is 38.1. The monoisotopic (exact) mass is 905 g/mol. The van der Waals surface area contributed by atoms with Crippen molar-refractivity contribution >= 4 is 56.6 Å². The number of methoxy groups -OCH3 is 1. The number of nitrogens with two attached hydrogens (primary N) is 1. The molecule has 4 rings (SSSR count). The SMILES string of the molecule is COc1ccc(COC(=O)N[C@H](C(=O)N[C@@H](CCC(=O)O)C(=O)N[C@@H](Cc2cn(S(=O)(=O)c3c(C)cc(C)cc3C)c3ccccc23)C(=O)N[C@@H](CC(C)C)C(=O)NN)C(C)C)cc1. The third kappa shape index (κ3) is 13.0. The van der Waals surface area contributed by atoms with Gasteiger partial charge in [0.15, 0.2) is 0 Å². The van der Waals surface area contributed by atoms with E-state index < -0.39 is 88.6 Å². The molecule has 1 aromatic heterocycles. The molecule has 0 aliphatic rings. The predicted octanol–water partition coefficient (Wildman–Crippen LogP) is 3.66. The van der Waals surface area contributed by atoms with E-state index in [4.69, 9.17) is 15.3 Å². The number of carbonyl (C=O) groups excluding carboxylic acids is 5. The first-order chi connectivity index (χ1) is 30.2. The van der Waals surface area contributed by atoms with Crippen LogP contribution in [0.4, 0.5) is 4.79 Å². The number of fused-ring (bicyclic) bond motifs is 1. The molecule has 3 aromatic carbocycles. The predicted molar refractivity (Wildman–Crippen MR) is 238 cm³/mol. The van der Waals surface area contributed by atoms with E-state index in [-0.39, 0.29) is 30.3 Å². The van der Waals surface area contributed by atoms with Gasteiger partial charge in [-0.15, -0.1) is 0 Å². The van der Waals surface area contributed by atoms with Gasteiger partial charge in [-0.2, -0.15) is 0 Å². The van der Waals surface area contributed by atoms with E-state index in [2.05, 4.69) is 21.3 Å². The summed E-state index contributed by atoms with van der Waals surface area (Å²) >= 11 is 0. The molecule has 5 amide bonds. The average molecular weight is 906 g/mol. The molecular formula is C45H59N7O11S. The van der Waals surface area contributed by atoms with Crippen molar-refractivity contribution in [3.05, 3.63) is 94.7 Å². The number of para-hydroxylation sites is 1. The molecule has 0 fully saturated rings. The van der Waals surface area contributed by atoms with Crippen molar-refractivity contribution in [1.82, 2.24) is 30.7 Å². The topological polar surface area (TPSA) is 266 Å². The van der Waals surface area contributed by atoms with Gasteiger partial charge in [0.25, 0.3) is 15.9 Å². The van der Waals surface area contributed by atoms with E-state index in [0.717, 1.165) is 9.54 Å². The number of nitrogens with one attached hydrogen (secondary N) is 5. The van der Waals surface area contributed by atoms with Crippen LogP contribution in [-0.2, 0) is 51.8 Å². The van der Waals surface area contributed by atoms with E-state index in [9.17, 15) is 42.3 Å². The summed E-state index contributed by atoms with van der Waals surface area (Å²) in [6.07, 6.45) is -0.715. The Bertz CT molecular complexity index is 2430. The molecule has 1 heterocycles. The molecule has 64 heavy (non-hydrogen) atoms. The van der Waals surface area contributed by atoms with Crippen LogP contribution in [0, 0.1) is 32.6 Å². The minimum Gasteiger partial charge on any atom is -0.497 e. The number of aryl methyl sites for hydroxylation is 3. The fourth-order valence-electron chi connectivity index (χ4n) is 7.40. The highest BCUT2D eigenvalue weighted by Gasteiger charge is 2.34. The van der Waals surface area contributed by atoms with E-state index >= 15 is 0 Å². The maximum Gasteiger partial charge on any atom is 0.408 e. The summed E-state index contributed by atoms with van der Waals surface area (Å²) in [4.78, 5) is 80.0. The smallest absolute Gasteiger partial charge is 0.408 e. The van der Waals surface area contributed by atoms with E-state index in [1.807, 2.05) is 26.2 Å². The number of aromatic nitrogens is 1. The first-order valence-electron chi connectivity index (χ1n) is 20.8. The number of aliphatic carboxylic acids is 1. The first-order valence-corrected chi connectivity index (χ1v) is 22.2. The minimum absolute atomic E-state index is 0.0923. The van der Waals surface area contributed by atoms with Crippen molar-refractivity contribution in [2.75, 3.05) is 7.11 Å². The zero-order chi connectivity index (χ0) is 47.5. The lowest BCUT2D eigenvalue weighted by atomic mass is 10.00. The number of hydrazine groups is 1. The van der Waals surface area contributed by atoms with Gasteiger partial charge in [-0.1, -0.05) is 75.7 Å². The largest absolute Gasteiger partial charge is 0.497 e. The number of carboxylic acids is 1. The summed E-state index contributed by atoms with van der Waals surface area (Å²) in [6.45, 7) is 12.1. The van der Waals surface area contributed by atoms with Crippen molar-refractivity contribution in [3.63, 3.8) is 0 Å². The average Bonchev–Trinajstić information content (AvgIpc) is 3.60. The summed E-state index contributed by atoms with van der Waals surface area (Å²) in [6, 6.07) is 11.5. The fourth-order valence-corrected chi connectivity index (χ4v) is 9.21. The number of nitrogens with zero attached hydrogens (tertiary/aromatic N) is 1. The van der Waals surface area contributed by atoms with E-state index in [1.54, 1.807) is 88.4 Å². The van der Waals surface area contributed by atoms with E-state index in [1.165, 1.54) is 13.3 Å². The first kappa shape index (κ1) is 50.2. The van der Waals surface area contributed by atoms with Crippen LogP contribution < -0.4 is 37.3 Å². The van der Waals surface area contributed by atoms with Gasteiger partial charge in [0.2, 0.25) is 17.7 Å². The minimum atomic E-state index is -4.22. The van der Waals surface area contributed by atoms with Crippen LogP contribution in [0.2, 0.25) is 0 Å². The van der Waals surface area contributed by atoms with Crippen molar-refractivity contribution in [3.8, 4) is 5.75 Å². The van der Waals surface area contributed by atoms with Gasteiger partial charge in [-0.25, -0.2) is 23.0 Å². The molecule has 0 unspecified atom stereocenters. The molecule has 0 bridgehead atoms. The third-order valence-corrected chi connectivity index (χ3v) is 12.4. The number of amides is 5. The van der Waals surface area contributed by atoms with Gasteiger partial charge in [0.1, 0.15) is 36.5 Å². The van der Waals surface area contributed by atoms with Crippen LogP contribution in [0.5, 0.6) is 5.75 Å². The molecule has 0 saturated carbocycles. The summed E-state index contributed by atoms with van der Waals surface area (Å²) in [5, 5.41) is 20.4. The molecule has 4 atom stereocenters. The Morgan fingerprint density at radius 2 is 1.38 bits per heavy atom. The quantitative estimate of drug-likeness (QED) is 0.0359. The van der Waals surface area contributed by atoms with Crippen LogP contribution in [0.1, 0.15) is 74.8 Å². The normalized spacial score (nSPS) is 13.4. The molecule has 0 saturated heterocycles. The van der Waals surface area contributed by atoms with Gasteiger partial charge in [-0.05, 0) is 85.9 Å². The second-order valence-electron chi connectivity index (χ2n) is 16.4. The molecule has 19 heteroatoms. The van der Waals surface area contributed by atoms with Crippen molar-refractivity contribution in [2.45, 2.75) is 110 Å². The van der Waals surface area contributed by atoms with E-state index in [0.29, 0.717) is 38.9 Å². The van der Waals surface area contributed by atoms with Crippen LogP contribution in [0.25, 0.3) is 10.9 Å². The molecule has 0 aliphatic heterocycles. The van der Waals surface area contributed by atoms with Gasteiger partial charge < -0.3 is 35.8 Å². The van der Waals surface area contributed by atoms with Crippen molar-refractivity contribution in [2.24, 2.45) is 17.7 Å². The second-order valence-corrected chi connectivity index (χ2v) is 18.2. The number of carbonyl (C=O) groups is 6. The Labute approximate surface area is 373 Å². The Hall–Kier alpha value is -6.47. The highest BCUT2D eigenvalue weighted by Crippen LogP contribution is 2.30. The number of carboxylic acid groups (broad SMARTS) is 1. The van der Waals surface area contributed by atoms with Gasteiger partial charge >= 0.3 is 12.1 Å². The number of ether oxygens (including phenoxy) is 2. The number of hydrogen-bond acceptors (Lipinski definition) is 11. The summed E-state index contributed by atoms with van der Waals surface area (Å²) in [5.41, 5.74) is 5.26. The summed E-state index contributed by atoms with van der Waals surface area (Å²) in [7, 11) is -2.71. The molecule has 0 aliphatic carbocycles. The molecule has 0 radical (unpaired) electrons. The maximum absolute atomic E-state index is 14.4. The van der Waals surface area contributed by atoms with Gasteiger partial charge in [0, 0.05) is 24.4 Å². The summed E-state index contributed by atoms with van der Waals surface area (Å²) < 4.78 is 40.4. The van der Waals surface area contributed by atoms with Crippen molar-refractivity contribution < 1.29 is 51.8 Å².